The molecule has 130 valence electrons. The fourth-order valence-corrected chi connectivity index (χ4v) is 3.05. The molecular formula is C13H9ClF3N7S. The van der Waals surface area contributed by atoms with Crippen LogP contribution in [0.1, 0.15) is 0 Å². The highest BCUT2D eigenvalue weighted by molar-refractivity contribution is 7.99. The van der Waals surface area contributed by atoms with Crippen molar-refractivity contribution >= 4 is 29.3 Å². The van der Waals surface area contributed by atoms with Gasteiger partial charge in [-0.05, 0) is 23.9 Å². The molecule has 0 aliphatic carbocycles. The summed E-state index contributed by atoms with van der Waals surface area (Å²) in [6, 6.07) is 4.47. The van der Waals surface area contributed by atoms with Gasteiger partial charge in [-0.25, -0.2) is 9.97 Å². The molecule has 0 unspecified atom stereocenters. The minimum absolute atomic E-state index is 0.00157. The van der Waals surface area contributed by atoms with Gasteiger partial charge in [0.25, 0.3) is 0 Å². The number of anilines is 1. The molecule has 3 aromatic rings. The molecule has 0 saturated heterocycles. The molecule has 0 amide bonds. The van der Waals surface area contributed by atoms with Crippen LogP contribution in [0.4, 0.5) is 19.1 Å². The topological polar surface area (TPSA) is 95.4 Å². The second-order valence-electron chi connectivity index (χ2n) is 4.73. The molecule has 7 nitrogen and oxygen atoms in total. The van der Waals surface area contributed by atoms with Crippen molar-refractivity contribution < 1.29 is 13.2 Å². The van der Waals surface area contributed by atoms with Crippen molar-refractivity contribution in [2.24, 2.45) is 0 Å². The van der Waals surface area contributed by atoms with E-state index >= 15 is 0 Å². The lowest BCUT2D eigenvalue weighted by Crippen LogP contribution is -2.19. The van der Waals surface area contributed by atoms with Gasteiger partial charge in [-0.15, -0.1) is 10.2 Å². The lowest BCUT2D eigenvalue weighted by Gasteiger charge is -2.12. The Morgan fingerprint density at radius 1 is 1.16 bits per heavy atom. The van der Waals surface area contributed by atoms with Crippen molar-refractivity contribution in [2.45, 2.75) is 22.9 Å². The Hall–Kier alpha value is -2.40. The highest BCUT2D eigenvalue weighted by Gasteiger charge is 2.31. The predicted octanol–water partition coefficient (Wildman–Crippen LogP) is 3.08. The zero-order chi connectivity index (χ0) is 18.0. The second-order valence-corrected chi connectivity index (χ2v) is 6.11. The average molecular weight is 388 g/mol. The molecule has 0 aliphatic rings. The third-order valence-corrected chi connectivity index (χ3v) is 3.97. The number of hydrogen-bond acceptors (Lipinski definition) is 7. The zero-order valence-corrected chi connectivity index (χ0v) is 13.8. The number of aromatic nitrogens is 6. The van der Waals surface area contributed by atoms with Crippen molar-refractivity contribution in [3.05, 3.63) is 35.7 Å². The van der Waals surface area contributed by atoms with E-state index in [-0.39, 0.29) is 27.1 Å². The summed E-state index contributed by atoms with van der Waals surface area (Å²) in [7, 11) is 0. The van der Waals surface area contributed by atoms with Crippen molar-refractivity contribution in [1.82, 2.24) is 29.7 Å². The molecule has 0 fully saturated rings. The average Bonchev–Trinajstić information content (AvgIpc) is 2.88. The van der Waals surface area contributed by atoms with Gasteiger partial charge in [-0.2, -0.15) is 13.2 Å². The summed E-state index contributed by atoms with van der Waals surface area (Å²) in [6.07, 6.45) is -1.54. The van der Waals surface area contributed by atoms with Gasteiger partial charge in [0.1, 0.15) is 16.7 Å². The van der Waals surface area contributed by atoms with Gasteiger partial charge in [0.2, 0.25) is 5.95 Å². The smallest absolute Gasteiger partial charge is 0.368 e. The Labute approximate surface area is 148 Å². The normalized spacial score (nSPS) is 11.7. The van der Waals surface area contributed by atoms with Crippen LogP contribution in [0.25, 0.3) is 11.4 Å². The van der Waals surface area contributed by atoms with E-state index in [2.05, 4.69) is 25.1 Å². The maximum absolute atomic E-state index is 13.0. The van der Waals surface area contributed by atoms with Gasteiger partial charge < -0.3 is 5.73 Å². The maximum atomic E-state index is 13.0. The van der Waals surface area contributed by atoms with Crippen molar-refractivity contribution in [1.29, 1.82) is 0 Å². The highest BCUT2D eigenvalue weighted by atomic mass is 35.5. The van der Waals surface area contributed by atoms with Gasteiger partial charge in [-0.3, -0.25) is 9.55 Å². The summed E-state index contributed by atoms with van der Waals surface area (Å²) in [6.45, 7) is -1.26. The number of nitrogens with zero attached hydrogens (tertiary/aromatic N) is 6. The molecule has 0 aliphatic heterocycles. The predicted molar refractivity (Wildman–Crippen MR) is 84.9 cm³/mol. The zero-order valence-electron chi connectivity index (χ0n) is 12.3. The third-order valence-electron chi connectivity index (χ3n) is 2.88. The van der Waals surface area contributed by atoms with Gasteiger partial charge in [0.15, 0.2) is 11.0 Å². The van der Waals surface area contributed by atoms with Gasteiger partial charge in [0.05, 0.1) is 0 Å². The first-order valence-corrected chi connectivity index (χ1v) is 7.89. The van der Waals surface area contributed by atoms with Crippen LogP contribution in [-0.2, 0) is 6.54 Å². The van der Waals surface area contributed by atoms with E-state index in [9.17, 15) is 13.2 Å². The molecule has 0 atom stereocenters. The minimum Gasteiger partial charge on any atom is -0.368 e. The number of alkyl halides is 3. The summed E-state index contributed by atoms with van der Waals surface area (Å²) < 4.78 is 39.9. The molecule has 0 spiro atoms. The lowest BCUT2D eigenvalue weighted by molar-refractivity contribution is -0.141. The highest BCUT2D eigenvalue weighted by Crippen LogP contribution is 2.32. The number of nitrogen functional groups attached to an aromatic ring is 1. The van der Waals surface area contributed by atoms with Crippen LogP contribution in [0.5, 0.6) is 0 Å². The van der Waals surface area contributed by atoms with Crippen LogP contribution in [0, 0.1) is 0 Å². The summed E-state index contributed by atoms with van der Waals surface area (Å²) in [5.41, 5.74) is 5.96. The van der Waals surface area contributed by atoms with E-state index < -0.39 is 12.7 Å². The third kappa shape index (κ3) is 4.37. The Morgan fingerprint density at radius 2 is 1.88 bits per heavy atom. The van der Waals surface area contributed by atoms with Gasteiger partial charge in [0, 0.05) is 24.0 Å². The molecule has 25 heavy (non-hydrogen) atoms. The molecule has 2 N–H and O–H groups in total. The fourth-order valence-electron chi connectivity index (χ4n) is 1.96. The SMILES string of the molecule is Nc1nc(Cl)cc(Sc2nnc(-c3ccncc3)n2CC(F)(F)F)n1. The second kappa shape index (κ2) is 6.84. The van der Waals surface area contributed by atoms with Crippen LogP contribution in [0.3, 0.4) is 0 Å². The quantitative estimate of drug-likeness (QED) is 0.687. The number of hydrogen-bond donors (Lipinski definition) is 1. The molecular weight excluding hydrogens is 379 g/mol. The maximum Gasteiger partial charge on any atom is 0.406 e. The Kier molecular flexibility index (Phi) is 4.77. The van der Waals surface area contributed by atoms with E-state index in [4.69, 9.17) is 17.3 Å². The van der Waals surface area contributed by atoms with Crippen LogP contribution in [0.2, 0.25) is 5.15 Å². The van der Waals surface area contributed by atoms with Crippen molar-refractivity contribution in [3.8, 4) is 11.4 Å². The largest absolute Gasteiger partial charge is 0.406 e. The first-order valence-electron chi connectivity index (χ1n) is 6.70. The summed E-state index contributed by atoms with van der Waals surface area (Å²) in [5.74, 6) is -0.0263. The van der Waals surface area contributed by atoms with Crippen molar-refractivity contribution in [2.75, 3.05) is 5.73 Å². The molecule has 12 heteroatoms. The Bertz CT molecular complexity index is 865. The molecule has 0 bridgehead atoms. The molecule has 3 rings (SSSR count). The van der Waals surface area contributed by atoms with E-state index in [1.54, 1.807) is 12.1 Å². The minimum atomic E-state index is -4.46. The molecule has 0 aromatic carbocycles. The van der Waals surface area contributed by atoms with Gasteiger partial charge >= 0.3 is 6.18 Å². The first-order chi connectivity index (χ1) is 11.8. The van der Waals surface area contributed by atoms with E-state index in [1.165, 1.54) is 18.5 Å². The van der Waals surface area contributed by atoms with Crippen LogP contribution >= 0.6 is 23.4 Å². The van der Waals surface area contributed by atoms with E-state index in [0.29, 0.717) is 5.56 Å². The Morgan fingerprint density at radius 3 is 2.52 bits per heavy atom. The number of nitrogens with two attached hydrogens (primary N) is 1. The number of pyridine rings is 1. The monoisotopic (exact) mass is 387 g/mol. The lowest BCUT2D eigenvalue weighted by atomic mass is 10.2. The van der Waals surface area contributed by atoms with E-state index in [0.717, 1.165) is 16.3 Å². The molecule has 0 radical (unpaired) electrons. The summed E-state index contributed by atoms with van der Waals surface area (Å²) in [4.78, 5) is 11.5. The standard InChI is InChI=1S/C13H9ClF3N7S/c14-8-5-9(21-11(18)20-8)25-12-23-22-10(7-1-3-19-4-2-7)24(12)6-13(15,16)17/h1-5H,6H2,(H2,18,20,21). The number of halogens is 4. The Balaban J connectivity index is 2.02. The van der Waals surface area contributed by atoms with Crippen LogP contribution in [0.15, 0.2) is 40.8 Å². The molecule has 0 saturated carbocycles. The van der Waals surface area contributed by atoms with Gasteiger partial charge in [-0.1, -0.05) is 11.6 Å². The summed E-state index contributed by atoms with van der Waals surface area (Å²) in [5, 5.41) is 8.04. The molecule has 3 heterocycles. The molecule has 3 aromatic heterocycles. The van der Waals surface area contributed by atoms with E-state index in [1.807, 2.05) is 0 Å². The van der Waals surface area contributed by atoms with Crippen LogP contribution in [-0.4, -0.2) is 35.9 Å². The first kappa shape index (κ1) is 17.4. The fraction of sp³-hybridized carbons (Fsp3) is 0.154. The summed E-state index contributed by atoms with van der Waals surface area (Å²) >= 11 is 6.65. The number of rotatable bonds is 4. The van der Waals surface area contributed by atoms with Crippen molar-refractivity contribution in [3.63, 3.8) is 0 Å². The van der Waals surface area contributed by atoms with Crippen LogP contribution < -0.4 is 5.73 Å².